The van der Waals surface area contributed by atoms with E-state index in [1.807, 2.05) is 80.6 Å². The number of thiazole rings is 1. The first kappa shape index (κ1) is 25.7. The van der Waals surface area contributed by atoms with Gasteiger partial charge in [0, 0.05) is 5.56 Å². The number of hydrogen-bond donors (Lipinski definition) is 0. The predicted octanol–water partition coefficient (Wildman–Crippen LogP) is 5.05. The molecule has 1 aliphatic rings. The Bertz CT molecular complexity index is 1730. The molecule has 0 aliphatic carbocycles. The number of aryl methyl sites for hydroxylation is 1. The van der Waals surface area contributed by atoms with Crippen LogP contribution in [-0.2, 0) is 9.53 Å². The van der Waals surface area contributed by atoms with E-state index in [2.05, 4.69) is 0 Å². The van der Waals surface area contributed by atoms with Gasteiger partial charge in [0.1, 0.15) is 11.8 Å². The van der Waals surface area contributed by atoms with Gasteiger partial charge in [-0.1, -0.05) is 84.8 Å². The van der Waals surface area contributed by atoms with E-state index in [4.69, 9.17) is 14.5 Å². The van der Waals surface area contributed by atoms with Crippen molar-refractivity contribution in [2.24, 2.45) is 4.99 Å². The van der Waals surface area contributed by atoms with Gasteiger partial charge in [0.2, 0.25) is 0 Å². The number of rotatable bonds is 7. The van der Waals surface area contributed by atoms with Crippen molar-refractivity contribution in [1.29, 1.82) is 0 Å². The van der Waals surface area contributed by atoms with Crippen LogP contribution in [0.15, 0.2) is 81.7 Å². The van der Waals surface area contributed by atoms with Gasteiger partial charge in [-0.25, -0.2) is 9.79 Å². The van der Waals surface area contributed by atoms with Crippen LogP contribution >= 0.6 is 11.3 Å². The molecule has 194 valence electrons. The molecule has 1 atom stereocenters. The van der Waals surface area contributed by atoms with E-state index in [1.54, 1.807) is 18.6 Å². The van der Waals surface area contributed by atoms with E-state index in [1.165, 1.54) is 11.3 Å². The topological polar surface area (TPSA) is 69.9 Å². The Morgan fingerprint density at radius 3 is 2.55 bits per heavy atom. The monoisotopic (exact) mass is 526 g/mol. The van der Waals surface area contributed by atoms with Crippen LogP contribution in [0.3, 0.4) is 0 Å². The van der Waals surface area contributed by atoms with Crippen LogP contribution in [0, 0.1) is 6.92 Å². The smallest absolute Gasteiger partial charge is 0.338 e. The molecule has 1 aromatic heterocycles. The molecule has 0 radical (unpaired) electrons. The Morgan fingerprint density at radius 2 is 1.84 bits per heavy atom. The highest BCUT2D eigenvalue weighted by molar-refractivity contribution is 7.07. The summed E-state index contributed by atoms with van der Waals surface area (Å²) in [7, 11) is 1.61. The molecule has 0 fully saturated rings. The SMILES string of the molecule is CCCC1=C(C(=O)OCC)C(c2c(OC)ccc3ccccc23)n2c(s/c(=C\c3ccc(C)cc3)c2=O)=N1. The first-order valence-corrected chi connectivity index (χ1v) is 13.6. The molecule has 5 rings (SSSR count). The number of methoxy groups -OCH3 is 1. The maximum Gasteiger partial charge on any atom is 0.338 e. The Labute approximate surface area is 225 Å². The zero-order valence-electron chi connectivity index (χ0n) is 22.0. The van der Waals surface area contributed by atoms with Crippen molar-refractivity contribution in [2.75, 3.05) is 13.7 Å². The van der Waals surface area contributed by atoms with E-state index < -0.39 is 12.0 Å². The summed E-state index contributed by atoms with van der Waals surface area (Å²) in [4.78, 5) is 33.0. The standard InChI is InChI=1S/C31H30N2O4S/c1-5-9-23-27(30(35)37-6-2)28(26-22-11-8-7-10-21(22)16-17-24(26)36-4)33-29(34)25(38-31(33)32-23)18-20-14-12-19(3)13-15-20/h7-8,10-18,28H,5-6,9H2,1-4H3/b25-18-. The second-order valence-electron chi connectivity index (χ2n) is 9.23. The Morgan fingerprint density at radius 1 is 1.08 bits per heavy atom. The van der Waals surface area contributed by atoms with Gasteiger partial charge < -0.3 is 9.47 Å². The van der Waals surface area contributed by atoms with Crippen LogP contribution in [0.1, 0.15) is 49.4 Å². The lowest BCUT2D eigenvalue weighted by molar-refractivity contribution is -0.139. The molecular formula is C31H30N2O4S. The van der Waals surface area contributed by atoms with Crippen molar-refractivity contribution < 1.29 is 14.3 Å². The fourth-order valence-electron chi connectivity index (χ4n) is 4.94. The van der Waals surface area contributed by atoms with Crippen molar-refractivity contribution in [1.82, 2.24) is 4.57 Å². The van der Waals surface area contributed by atoms with Crippen molar-refractivity contribution in [2.45, 2.75) is 39.7 Å². The van der Waals surface area contributed by atoms with E-state index in [0.29, 0.717) is 32.8 Å². The number of allylic oxidation sites excluding steroid dienone is 1. The molecule has 0 amide bonds. The lowest BCUT2D eigenvalue weighted by Crippen LogP contribution is -2.40. The Hall–Kier alpha value is -3.97. The summed E-state index contributed by atoms with van der Waals surface area (Å²) < 4.78 is 13.6. The zero-order valence-corrected chi connectivity index (χ0v) is 22.8. The average molecular weight is 527 g/mol. The number of benzene rings is 3. The van der Waals surface area contributed by atoms with Crippen LogP contribution in [0.25, 0.3) is 16.8 Å². The minimum absolute atomic E-state index is 0.202. The molecular weight excluding hydrogens is 496 g/mol. The lowest BCUT2D eigenvalue weighted by Gasteiger charge is -2.28. The highest BCUT2D eigenvalue weighted by atomic mass is 32.1. The van der Waals surface area contributed by atoms with E-state index in [9.17, 15) is 9.59 Å². The van der Waals surface area contributed by atoms with Gasteiger partial charge in [-0.3, -0.25) is 9.36 Å². The van der Waals surface area contributed by atoms with E-state index in [0.717, 1.165) is 33.9 Å². The molecule has 6 nitrogen and oxygen atoms in total. The van der Waals surface area contributed by atoms with Gasteiger partial charge in [-0.2, -0.15) is 0 Å². The Balaban J connectivity index is 1.87. The summed E-state index contributed by atoms with van der Waals surface area (Å²) in [5.74, 6) is 0.133. The summed E-state index contributed by atoms with van der Waals surface area (Å²) >= 11 is 1.34. The molecule has 38 heavy (non-hydrogen) atoms. The summed E-state index contributed by atoms with van der Waals surface area (Å²) in [6.07, 6.45) is 3.26. The normalized spacial score (nSPS) is 15.4. The molecule has 0 bridgehead atoms. The number of aromatic nitrogens is 1. The zero-order chi connectivity index (χ0) is 26.8. The highest BCUT2D eigenvalue weighted by Crippen LogP contribution is 2.41. The third-order valence-corrected chi connectivity index (χ3v) is 7.67. The van der Waals surface area contributed by atoms with Gasteiger partial charge in [0.05, 0.1) is 29.5 Å². The molecule has 1 unspecified atom stereocenters. The first-order chi connectivity index (χ1) is 18.5. The van der Waals surface area contributed by atoms with Crippen LogP contribution in [-0.4, -0.2) is 24.3 Å². The number of hydrogen-bond acceptors (Lipinski definition) is 6. The van der Waals surface area contributed by atoms with Crippen molar-refractivity contribution in [3.8, 4) is 5.75 Å². The second-order valence-corrected chi connectivity index (χ2v) is 10.2. The highest BCUT2D eigenvalue weighted by Gasteiger charge is 2.37. The lowest BCUT2D eigenvalue weighted by atomic mass is 9.90. The van der Waals surface area contributed by atoms with Crippen LogP contribution in [0.4, 0.5) is 0 Å². The minimum atomic E-state index is -0.743. The molecule has 4 aromatic rings. The van der Waals surface area contributed by atoms with Gasteiger partial charge in [-0.15, -0.1) is 0 Å². The molecule has 2 heterocycles. The maximum atomic E-state index is 14.1. The molecule has 0 saturated heterocycles. The number of ether oxygens (including phenoxy) is 2. The van der Waals surface area contributed by atoms with Gasteiger partial charge in [-0.05, 0) is 48.7 Å². The second kappa shape index (κ2) is 10.8. The largest absolute Gasteiger partial charge is 0.496 e. The quantitative estimate of drug-likeness (QED) is 0.316. The maximum absolute atomic E-state index is 14.1. The van der Waals surface area contributed by atoms with E-state index >= 15 is 0 Å². The summed E-state index contributed by atoms with van der Waals surface area (Å²) in [6.45, 7) is 6.08. The molecule has 7 heteroatoms. The summed E-state index contributed by atoms with van der Waals surface area (Å²) in [5.41, 5.74) is 3.66. The van der Waals surface area contributed by atoms with Crippen molar-refractivity contribution in [3.63, 3.8) is 0 Å². The predicted molar refractivity (Wildman–Crippen MR) is 151 cm³/mol. The average Bonchev–Trinajstić information content (AvgIpc) is 3.23. The molecule has 3 aromatic carbocycles. The van der Waals surface area contributed by atoms with Crippen LogP contribution in [0.2, 0.25) is 0 Å². The number of nitrogens with zero attached hydrogens (tertiary/aromatic N) is 2. The minimum Gasteiger partial charge on any atom is -0.496 e. The fourth-order valence-corrected chi connectivity index (χ4v) is 5.96. The number of esters is 1. The van der Waals surface area contributed by atoms with Crippen molar-refractivity contribution in [3.05, 3.63) is 108 Å². The van der Waals surface area contributed by atoms with Gasteiger partial charge in [0.25, 0.3) is 5.56 Å². The summed E-state index contributed by atoms with van der Waals surface area (Å²) in [5, 5.41) is 1.90. The summed E-state index contributed by atoms with van der Waals surface area (Å²) in [6, 6.07) is 19.1. The van der Waals surface area contributed by atoms with Crippen LogP contribution < -0.4 is 19.6 Å². The van der Waals surface area contributed by atoms with Crippen molar-refractivity contribution >= 4 is 34.2 Å². The molecule has 0 N–H and O–H groups in total. The van der Waals surface area contributed by atoms with Gasteiger partial charge in [0.15, 0.2) is 4.80 Å². The van der Waals surface area contributed by atoms with Crippen LogP contribution in [0.5, 0.6) is 5.75 Å². The fraction of sp³-hybridized carbons (Fsp3) is 0.258. The van der Waals surface area contributed by atoms with Gasteiger partial charge >= 0.3 is 5.97 Å². The number of carbonyl (C=O) groups excluding carboxylic acids is 1. The molecule has 1 aliphatic heterocycles. The third-order valence-electron chi connectivity index (χ3n) is 6.69. The molecule has 0 spiro atoms. The number of carbonyl (C=O) groups is 1. The first-order valence-electron chi connectivity index (χ1n) is 12.8. The third kappa shape index (κ3) is 4.58. The Kier molecular flexibility index (Phi) is 7.29. The number of fused-ring (bicyclic) bond motifs is 2. The molecule has 0 saturated carbocycles. The van der Waals surface area contributed by atoms with E-state index in [-0.39, 0.29) is 12.2 Å².